The Morgan fingerprint density at radius 3 is 2.67 bits per heavy atom. The number of nitrogens with zero attached hydrogens (tertiary/aromatic N) is 1. The Morgan fingerprint density at radius 1 is 1.47 bits per heavy atom. The fourth-order valence-electron chi connectivity index (χ4n) is 1.93. The Bertz CT molecular complexity index is 225. The number of hydrogen-bond donors (Lipinski definition) is 1. The zero-order valence-corrected chi connectivity index (χ0v) is 11.1. The van der Waals surface area contributed by atoms with E-state index in [0.29, 0.717) is 5.92 Å². The van der Waals surface area contributed by atoms with Crippen molar-refractivity contribution in [1.29, 1.82) is 0 Å². The van der Waals surface area contributed by atoms with Crippen LogP contribution in [0.15, 0.2) is 0 Å². The van der Waals surface area contributed by atoms with Crippen LogP contribution in [0.25, 0.3) is 0 Å². The Morgan fingerprint density at radius 2 is 2.13 bits per heavy atom. The van der Waals surface area contributed by atoms with E-state index in [1.807, 2.05) is 18.7 Å². The zero-order valence-electron chi connectivity index (χ0n) is 9.50. The summed E-state index contributed by atoms with van der Waals surface area (Å²) >= 11 is 3.40. The largest absolute Gasteiger partial charge is 0.396 e. The SMILES string of the molecule is CC(C)(Br)C(=O)N1CCCC(CO)CC1. The maximum Gasteiger partial charge on any atom is 0.238 e. The molecule has 1 N–H and O–H groups in total. The van der Waals surface area contributed by atoms with Crippen molar-refractivity contribution in [3.63, 3.8) is 0 Å². The van der Waals surface area contributed by atoms with Crippen molar-refractivity contribution in [2.75, 3.05) is 19.7 Å². The molecule has 0 spiro atoms. The average Bonchev–Trinajstić information content (AvgIpc) is 2.39. The van der Waals surface area contributed by atoms with E-state index in [4.69, 9.17) is 5.11 Å². The molecule has 0 saturated carbocycles. The second kappa shape index (κ2) is 5.30. The Labute approximate surface area is 100.0 Å². The lowest BCUT2D eigenvalue weighted by molar-refractivity contribution is -0.132. The normalized spacial score (nSPS) is 23.7. The minimum Gasteiger partial charge on any atom is -0.396 e. The first kappa shape index (κ1) is 13.0. The molecule has 0 bridgehead atoms. The van der Waals surface area contributed by atoms with Crippen molar-refractivity contribution in [3.8, 4) is 0 Å². The van der Waals surface area contributed by atoms with Gasteiger partial charge in [0, 0.05) is 19.7 Å². The number of hydrogen-bond acceptors (Lipinski definition) is 2. The summed E-state index contributed by atoms with van der Waals surface area (Å²) in [6, 6.07) is 0. The van der Waals surface area contributed by atoms with Crippen molar-refractivity contribution < 1.29 is 9.90 Å². The Balaban J connectivity index is 2.54. The third-order valence-corrected chi connectivity index (χ3v) is 3.24. The molecule has 1 saturated heterocycles. The van der Waals surface area contributed by atoms with Gasteiger partial charge in [0.15, 0.2) is 0 Å². The molecule has 1 aliphatic heterocycles. The molecule has 1 fully saturated rings. The number of alkyl halides is 1. The first-order chi connectivity index (χ1) is 6.95. The molecule has 1 unspecified atom stereocenters. The number of carbonyl (C=O) groups is 1. The maximum absolute atomic E-state index is 12.0. The highest BCUT2D eigenvalue weighted by molar-refractivity contribution is 9.10. The van der Waals surface area contributed by atoms with Crippen molar-refractivity contribution in [2.24, 2.45) is 5.92 Å². The fraction of sp³-hybridized carbons (Fsp3) is 0.909. The van der Waals surface area contributed by atoms with Crippen molar-refractivity contribution in [2.45, 2.75) is 37.4 Å². The van der Waals surface area contributed by atoms with Crippen LogP contribution >= 0.6 is 15.9 Å². The van der Waals surface area contributed by atoms with E-state index in [2.05, 4.69) is 15.9 Å². The highest BCUT2D eigenvalue weighted by atomic mass is 79.9. The van der Waals surface area contributed by atoms with Crippen LogP contribution in [0.4, 0.5) is 0 Å². The number of carbonyl (C=O) groups excluding carboxylic acids is 1. The molecule has 1 rings (SSSR count). The van der Waals surface area contributed by atoms with E-state index in [-0.39, 0.29) is 12.5 Å². The first-order valence-electron chi connectivity index (χ1n) is 5.54. The highest BCUT2D eigenvalue weighted by Gasteiger charge is 2.30. The quantitative estimate of drug-likeness (QED) is 0.782. The topological polar surface area (TPSA) is 40.5 Å². The summed E-state index contributed by atoms with van der Waals surface area (Å²) in [7, 11) is 0. The van der Waals surface area contributed by atoms with Crippen LogP contribution in [0.2, 0.25) is 0 Å². The van der Waals surface area contributed by atoms with Gasteiger partial charge in [-0.25, -0.2) is 0 Å². The van der Waals surface area contributed by atoms with Crippen LogP contribution in [0.3, 0.4) is 0 Å². The Kier molecular flexibility index (Phi) is 4.59. The number of aliphatic hydroxyl groups excluding tert-OH is 1. The van der Waals surface area contributed by atoms with Gasteiger partial charge in [-0.05, 0) is 39.0 Å². The number of likely N-dealkylation sites (tertiary alicyclic amines) is 1. The third-order valence-electron chi connectivity index (χ3n) is 2.90. The molecular formula is C11H20BrNO2. The van der Waals surface area contributed by atoms with Crippen LogP contribution in [-0.4, -0.2) is 39.9 Å². The molecule has 3 nitrogen and oxygen atoms in total. The Hall–Kier alpha value is -0.0900. The predicted molar refractivity (Wildman–Crippen MR) is 64.0 cm³/mol. The summed E-state index contributed by atoms with van der Waals surface area (Å²) in [5.41, 5.74) is 0. The van der Waals surface area contributed by atoms with Gasteiger partial charge in [0.1, 0.15) is 0 Å². The third kappa shape index (κ3) is 3.76. The van der Waals surface area contributed by atoms with Gasteiger partial charge in [-0.15, -0.1) is 0 Å². The fourth-order valence-corrected chi connectivity index (χ4v) is 2.18. The number of aliphatic hydroxyl groups is 1. The molecule has 88 valence electrons. The van der Waals surface area contributed by atoms with Crippen LogP contribution < -0.4 is 0 Å². The van der Waals surface area contributed by atoms with Crippen molar-refractivity contribution in [1.82, 2.24) is 4.90 Å². The van der Waals surface area contributed by atoms with E-state index in [1.165, 1.54) is 0 Å². The van der Waals surface area contributed by atoms with Crippen LogP contribution in [-0.2, 0) is 4.79 Å². The molecule has 1 amide bonds. The van der Waals surface area contributed by atoms with Gasteiger partial charge in [0.05, 0.1) is 4.32 Å². The van der Waals surface area contributed by atoms with E-state index in [0.717, 1.165) is 32.4 Å². The predicted octanol–water partition coefficient (Wildman–Crippen LogP) is 1.78. The maximum atomic E-state index is 12.0. The van der Waals surface area contributed by atoms with Gasteiger partial charge >= 0.3 is 0 Å². The molecule has 0 aromatic carbocycles. The van der Waals surface area contributed by atoms with Gasteiger partial charge in [0.2, 0.25) is 5.91 Å². The highest BCUT2D eigenvalue weighted by Crippen LogP contribution is 2.23. The molecule has 0 aromatic rings. The lowest BCUT2D eigenvalue weighted by atomic mass is 10.0. The van der Waals surface area contributed by atoms with Crippen molar-refractivity contribution in [3.05, 3.63) is 0 Å². The summed E-state index contributed by atoms with van der Waals surface area (Å²) in [5, 5.41) is 9.09. The molecule has 1 aliphatic rings. The van der Waals surface area contributed by atoms with Crippen LogP contribution in [0.5, 0.6) is 0 Å². The smallest absolute Gasteiger partial charge is 0.238 e. The second-order valence-corrected chi connectivity index (χ2v) is 6.73. The minimum atomic E-state index is -0.466. The van der Waals surface area contributed by atoms with Gasteiger partial charge in [0.25, 0.3) is 0 Å². The van der Waals surface area contributed by atoms with E-state index in [1.54, 1.807) is 0 Å². The van der Waals surface area contributed by atoms with Crippen LogP contribution in [0.1, 0.15) is 33.1 Å². The lowest BCUT2D eigenvalue weighted by Crippen LogP contribution is -2.42. The van der Waals surface area contributed by atoms with Gasteiger partial charge in [-0.1, -0.05) is 15.9 Å². The average molecular weight is 278 g/mol. The first-order valence-corrected chi connectivity index (χ1v) is 6.33. The number of rotatable bonds is 2. The number of halogens is 1. The van der Waals surface area contributed by atoms with E-state index in [9.17, 15) is 4.79 Å². The molecule has 0 aromatic heterocycles. The van der Waals surface area contributed by atoms with Gasteiger partial charge < -0.3 is 10.0 Å². The van der Waals surface area contributed by atoms with Gasteiger partial charge in [-0.2, -0.15) is 0 Å². The van der Waals surface area contributed by atoms with E-state index >= 15 is 0 Å². The van der Waals surface area contributed by atoms with Gasteiger partial charge in [-0.3, -0.25) is 4.79 Å². The molecule has 4 heteroatoms. The monoisotopic (exact) mass is 277 g/mol. The molecule has 1 heterocycles. The summed E-state index contributed by atoms with van der Waals surface area (Å²) in [5.74, 6) is 0.530. The lowest BCUT2D eigenvalue weighted by Gasteiger charge is -2.27. The van der Waals surface area contributed by atoms with Crippen LogP contribution in [0, 0.1) is 5.92 Å². The zero-order chi connectivity index (χ0) is 11.5. The molecule has 0 aliphatic carbocycles. The minimum absolute atomic E-state index is 0.154. The summed E-state index contributed by atoms with van der Waals surface area (Å²) < 4.78 is -0.466. The molecular weight excluding hydrogens is 258 g/mol. The summed E-state index contributed by atoms with van der Waals surface area (Å²) in [6.07, 6.45) is 2.95. The summed E-state index contributed by atoms with van der Waals surface area (Å²) in [6.45, 7) is 5.61. The molecule has 0 radical (unpaired) electrons. The standard InChI is InChI=1S/C11H20BrNO2/c1-11(2,12)10(15)13-6-3-4-9(8-14)5-7-13/h9,14H,3-8H2,1-2H3. The second-order valence-electron chi connectivity index (χ2n) is 4.74. The van der Waals surface area contributed by atoms with E-state index < -0.39 is 4.32 Å². The number of amides is 1. The molecule has 1 atom stereocenters. The summed E-state index contributed by atoms with van der Waals surface area (Å²) in [4.78, 5) is 13.9. The molecule has 15 heavy (non-hydrogen) atoms. The van der Waals surface area contributed by atoms with Crippen molar-refractivity contribution >= 4 is 21.8 Å².